The van der Waals surface area contributed by atoms with E-state index >= 15 is 0 Å². The first kappa shape index (κ1) is 35.2. The molecule has 0 spiro atoms. The van der Waals surface area contributed by atoms with Crippen LogP contribution in [0.15, 0.2) is 42.5 Å². The van der Waals surface area contributed by atoms with Crippen LogP contribution in [0.2, 0.25) is 0 Å². The minimum Gasteiger partial charge on any atom is -0.481 e. The molecule has 2 aromatic rings. The second-order valence-electron chi connectivity index (χ2n) is 9.33. The Morgan fingerprint density at radius 2 is 1.39 bits per heavy atom. The van der Waals surface area contributed by atoms with Crippen molar-refractivity contribution in [1.82, 2.24) is 0 Å². The lowest BCUT2D eigenvalue weighted by molar-refractivity contribution is -0.227. The third kappa shape index (κ3) is 10.5. The number of carbonyl (C=O) groups excluding carboxylic acids is 1. The predicted molar refractivity (Wildman–Crippen MR) is 136 cm³/mol. The number of aliphatic carboxylic acids is 1. The Kier molecular flexibility index (Phi) is 13.9. The molecule has 2 aromatic carbocycles. The van der Waals surface area contributed by atoms with Gasteiger partial charge in [-0.15, -0.1) is 0 Å². The second-order valence-corrected chi connectivity index (χ2v) is 9.33. The van der Waals surface area contributed by atoms with Crippen molar-refractivity contribution in [3.63, 3.8) is 0 Å². The molecule has 2 rings (SSSR count). The van der Waals surface area contributed by atoms with Crippen LogP contribution in [0.25, 0.3) is 10.8 Å². The minimum atomic E-state index is -4.67. The summed E-state index contributed by atoms with van der Waals surface area (Å²) in [6.07, 6.45) is -9.93. The average Bonchev–Trinajstić information content (AvgIpc) is 2.86. The SMILES string of the molecule is CCC(C)(C(=O)O)C(F)(F)F.CCC(C)C(=O)OC(C)C(F)(F)F.CCC(C)c1ccc2ccccc2c1. The number of hydrogen-bond donors (Lipinski definition) is 1. The summed E-state index contributed by atoms with van der Waals surface area (Å²) in [7, 11) is 0. The van der Waals surface area contributed by atoms with Crippen LogP contribution in [0.1, 0.15) is 79.2 Å². The van der Waals surface area contributed by atoms with Crippen molar-refractivity contribution < 1.29 is 45.8 Å². The summed E-state index contributed by atoms with van der Waals surface area (Å²) in [5, 5.41) is 10.9. The third-order valence-corrected chi connectivity index (χ3v) is 6.53. The van der Waals surface area contributed by atoms with Gasteiger partial charge in [-0.05, 0) is 55.4 Å². The molecule has 216 valence electrons. The van der Waals surface area contributed by atoms with Crippen molar-refractivity contribution in [2.24, 2.45) is 11.3 Å². The summed E-state index contributed by atoms with van der Waals surface area (Å²) in [6, 6.07) is 15.3. The van der Waals surface area contributed by atoms with Crippen LogP contribution in [0.4, 0.5) is 26.3 Å². The normalized spacial score (nSPS) is 15.5. The van der Waals surface area contributed by atoms with Crippen molar-refractivity contribution in [1.29, 1.82) is 0 Å². The van der Waals surface area contributed by atoms with E-state index in [1.807, 2.05) is 0 Å². The van der Waals surface area contributed by atoms with Gasteiger partial charge in [0.1, 0.15) is 0 Å². The highest BCUT2D eigenvalue weighted by Gasteiger charge is 2.55. The van der Waals surface area contributed by atoms with Crippen molar-refractivity contribution in [2.45, 2.75) is 92.1 Å². The molecule has 0 amide bonds. The number of carboxylic acid groups (broad SMARTS) is 1. The fourth-order valence-electron chi connectivity index (χ4n) is 2.75. The van der Waals surface area contributed by atoms with Crippen LogP contribution in [0.5, 0.6) is 0 Å². The van der Waals surface area contributed by atoms with E-state index in [1.54, 1.807) is 6.92 Å². The summed E-state index contributed by atoms with van der Waals surface area (Å²) < 4.78 is 75.8. The molecular weight excluding hydrogens is 514 g/mol. The molecule has 0 fully saturated rings. The van der Waals surface area contributed by atoms with Crippen LogP contribution in [-0.4, -0.2) is 35.5 Å². The van der Waals surface area contributed by atoms with Gasteiger partial charge >= 0.3 is 24.3 Å². The Bertz CT molecular complexity index is 1020. The first-order valence-corrected chi connectivity index (χ1v) is 12.4. The molecule has 4 nitrogen and oxygen atoms in total. The number of ether oxygens (including phenoxy) is 1. The Morgan fingerprint density at radius 3 is 1.76 bits per heavy atom. The van der Waals surface area contributed by atoms with Gasteiger partial charge in [0.2, 0.25) is 0 Å². The van der Waals surface area contributed by atoms with Crippen LogP contribution < -0.4 is 0 Å². The number of alkyl halides is 6. The molecular formula is C28H38F6O4. The molecule has 0 bridgehead atoms. The first-order valence-electron chi connectivity index (χ1n) is 12.4. The molecule has 0 saturated carbocycles. The third-order valence-electron chi connectivity index (χ3n) is 6.53. The van der Waals surface area contributed by atoms with Crippen molar-refractivity contribution in [2.75, 3.05) is 0 Å². The maximum Gasteiger partial charge on any atom is 0.425 e. The predicted octanol–water partition coefficient (Wildman–Crippen LogP) is 8.93. The fourth-order valence-corrected chi connectivity index (χ4v) is 2.75. The maximum absolute atomic E-state index is 12.0. The summed E-state index contributed by atoms with van der Waals surface area (Å²) in [5.41, 5.74) is -1.15. The number of fused-ring (bicyclic) bond motifs is 1. The van der Waals surface area contributed by atoms with Crippen LogP contribution in [0.3, 0.4) is 0 Å². The molecule has 10 heteroatoms. The highest BCUT2D eigenvalue weighted by molar-refractivity contribution is 5.83. The van der Waals surface area contributed by atoms with E-state index in [9.17, 15) is 35.9 Å². The largest absolute Gasteiger partial charge is 0.481 e. The van der Waals surface area contributed by atoms with Gasteiger partial charge in [-0.3, -0.25) is 9.59 Å². The molecule has 1 N–H and O–H groups in total. The molecule has 38 heavy (non-hydrogen) atoms. The van der Waals surface area contributed by atoms with Gasteiger partial charge in [0, 0.05) is 0 Å². The van der Waals surface area contributed by atoms with Crippen molar-refractivity contribution in [3.05, 3.63) is 48.0 Å². The van der Waals surface area contributed by atoms with Crippen LogP contribution in [-0.2, 0) is 14.3 Å². The molecule has 0 aliphatic heterocycles. The van der Waals surface area contributed by atoms with Crippen molar-refractivity contribution >= 4 is 22.7 Å². The molecule has 0 radical (unpaired) electrons. The molecule has 0 aromatic heterocycles. The Hall–Kier alpha value is -2.78. The number of esters is 1. The molecule has 0 saturated heterocycles. The van der Waals surface area contributed by atoms with E-state index in [1.165, 1.54) is 36.6 Å². The van der Waals surface area contributed by atoms with Gasteiger partial charge in [0.05, 0.1) is 5.92 Å². The van der Waals surface area contributed by atoms with E-state index in [2.05, 4.69) is 61.0 Å². The lowest BCUT2D eigenvalue weighted by atomic mass is 9.87. The maximum atomic E-state index is 12.0. The zero-order valence-corrected chi connectivity index (χ0v) is 22.8. The average molecular weight is 553 g/mol. The topological polar surface area (TPSA) is 63.6 Å². The first-order chi connectivity index (χ1) is 17.3. The molecule has 0 aliphatic carbocycles. The quantitative estimate of drug-likeness (QED) is 0.275. The van der Waals surface area contributed by atoms with Gasteiger partial charge < -0.3 is 9.84 Å². The molecule has 0 heterocycles. The Morgan fingerprint density at radius 1 is 0.868 bits per heavy atom. The zero-order chi connectivity index (χ0) is 29.9. The van der Waals surface area contributed by atoms with E-state index in [-0.39, 0.29) is 0 Å². The van der Waals surface area contributed by atoms with E-state index in [0.29, 0.717) is 19.3 Å². The number of carboxylic acids is 1. The van der Waals surface area contributed by atoms with Gasteiger partial charge in [-0.1, -0.05) is 77.1 Å². The summed E-state index contributed by atoms with van der Waals surface area (Å²) in [6.45, 7) is 10.5. The second kappa shape index (κ2) is 15.0. The van der Waals surface area contributed by atoms with E-state index < -0.39 is 48.1 Å². The molecule has 4 unspecified atom stereocenters. The van der Waals surface area contributed by atoms with Gasteiger partial charge in [0.15, 0.2) is 11.5 Å². The van der Waals surface area contributed by atoms with Gasteiger partial charge in [0.25, 0.3) is 0 Å². The number of benzene rings is 2. The fraction of sp³-hybridized carbons (Fsp3) is 0.571. The zero-order valence-electron chi connectivity index (χ0n) is 22.8. The number of hydrogen-bond acceptors (Lipinski definition) is 3. The van der Waals surface area contributed by atoms with Gasteiger partial charge in [-0.2, -0.15) is 26.3 Å². The minimum absolute atomic E-state index is 0.453. The lowest BCUT2D eigenvalue weighted by Crippen LogP contribution is -2.41. The molecule has 4 atom stereocenters. The monoisotopic (exact) mass is 552 g/mol. The highest BCUT2D eigenvalue weighted by atomic mass is 19.4. The lowest BCUT2D eigenvalue weighted by Gasteiger charge is -2.25. The Labute approximate surface area is 220 Å². The van der Waals surface area contributed by atoms with Gasteiger partial charge in [-0.25, -0.2) is 0 Å². The summed E-state index contributed by atoms with van der Waals surface area (Å²) in [4.78, 5) is 21.1. The summed E-state index contributed by atoms with van der Waals surface area (Å²) in [5.74, 6) is -2.44. The summed E-state index contributed by atoms with van der Waals surface area (Å²) >= 11 is 0. The van der Waals surface area contributed by atoms with E-state index in [0.717, 1.165) is 6.92 Å². The number of carbonyl (C=O) groups is 2. The number of rotatable bonds is 7. The molecule has 0 aliphatic rings. The Balaban J connectivity index is 0.000000546. The van der Waals surface area contributed by atoms with Crippen LogP contribution in [0, 0.1) is 11.3 Å². The van der Waals surface area contributed by atoms with Crippen LogP contribution >= 0.6 is 0 Å². The van der Waals surface area contributed by atoms with Crippen molar-refractivity contribution in [3.8, 4) is 0 Å². The standard InChI is InChI=1S/C14H16.C8H13F3O2.C6H9F3O2/c1-3-11(2)13-9-8-12-6-4-5-7-14(12)10-13;1-4-5(2)7(12)13-6(3)8(9,10)11;1-3-5(2,4(10)11)6(7,8)9/h4-11H,3H2,1-2H3;5-6H,4H2,1-3H3;3H2,1-2H3,(H,10,11). The van der Waals surface area contributed by atoms with E-state index in [4.69, 9.17) is 5.11 Å². The smallest absolute Gasteiger partial charge is 0.425 e. The highest BCUT2D eigenvalue weighted by Crippen LogP contribution is 2.40. The number of halogens is 6.